The van der Waals surface area contributed by atoms with E-state index in [2.05, 4.69) is 16.3 Å². The summed E-state index contributed by atoms with van der Waals surface area (Å²) < 4.78 is 36.5. The molecule has 0 radical (unpaired) electrons. The maximum Gasteiger partial charge on any atom is 0.405 e. The van der Waals surface area contributed by atoms with E-state index >= 15 is 0 Å². The first-order chi connectivity index (χ1) is 13.8. The molecule has 3 amide bonds. The van der Waals surface area contributed by atoms with E-state index in [-0.39, 0.29) is 11.6 Å². The average Bonchev–Trinajstić information content (AvgIpc) is 3.20. The number of piperazine rings is 1. The normalized spacial score (nSPS) is 15.2. The Labute approximate surface area is 170 Å². The second-order valence-electron chi connectivity index (χ2n) is 6.65. The van der Waals surface area contributed by atoms with Gasteiger partial charge in [-0.15, -0.1) is 11.3 Å². The number of halogens is 3. The molecule has 1 aliphatic heterocycles. The van der Waals surface area contributed by atoms with Crippen LogP contribution in [0.5, 0.6) is 0 Å². The lowest BCUT2D eigenvalue weighted by Crippen LogP contribution is -2.49. The molecule has 1 saturated heterocycles. The van der Waals surface area contributed by atoms with Gasteiger partial charge in [-0.1, -0.05) is 6.07 Å². The van der Waals surface area contributed by atoms with Crippen molar-refractivity contribution in [3.8, 4) is 0 Å². The molecule has 1 fully saturated rings. The average molecular weight is 426 g/mol. The van der Waals surface area contributed by atoms with Gasteiger partial charge in [0.25, 0.3) is 5.91 Å². The summed E-state index contributed by atoms with van der Waals surface area (Å²) >= 11 is 1.71. The molecule has 0 spiro atoms. The zero-order valence-corrected chi connectivity index (χ0v) is 16.4. The molecule has 0 unspecified atom stereocenters. The lowest BCUT2D eigenvalue weighted by atomic mass is 10.2. The number of alkyl halides is 3. The number of nitrogens with zero attached hydrogens (tertiary/aromatic N) is 2. The minimum atomic E-state index is -4.46. The van der Waals surface area contributed by atoms with Gasteiger partial charge in [-0.2, -0.15) is 13.2 Å². The fraction of sp³-hybridized carbons (Fsp3) is 0.368. The third-order valence-electron chi connectivity index (χ3n) is 4.47. The van der Waals surface area contributed by atoms with Crippen LogP contribution < -0.4 is 10.6 Å². The lowest BCUT2D eigenvalue weighted by Gasteiger charge is -2.34. The van der Waals surface area contributed by atoms with Gasteiger partial charge in [0.05, 0.1) is 0 Å². The van der Waals surface area contributed by atoms with E-state index in [0.29, 0.717) is 18.8 Å². The second kappa shape index (κ2) is 9.27. The number of nitrogens with one attached hydrogen (secondary N) is 2. The van der Waals surface area contributed by atoms with Gasteiger partial charge in [0, 0.05) is 48.9 Å². The van der Waals surface area contributed by atoms with Crippen LogP contribution in [-0.4, -0.2) is 60.6 Å². The number of anilines is 1. The lowest BCUT2D eigenvalue weighted by molar-refractivity contribution is -0.123. The molecular formula is C19H21F3N4O2S. The minimum absolute atomic E-state index is 0.0921. The Bertz CT molecular complexity index is 817. The molecule has 2 N–H and O–H groups in total. The Morgan fingerprint density at radius 3 is 2.31 bits per heavy atom. The van der Waals surface area contributed by atoms with Crippen LogP contribution in [0.4, 0.5) is 23.7 Å². The van der Waals surface area contributed by atoms with Crippen LogP contribution in [0.3, 0.4) is 0 Å². The Morgan fingerprint density at radius 1 is 1.03 bits per heavy atom. The van der Waals surface area contributed by atoms with Gasteiger partial charge in [-0.3, -0.25) is 9.69 Å². The quantitative estimate of drug-likeness (QED) is 0.771. The SMILES string of the molecule is O=C(NCC(F)(F)F)c1ccc(NC(=O)N2CCN(Cc3cccs3)CC2)cc1. The standard InChI is InChI=1S/C19H21F3N4O2S/c20-19(21,22)13-23-17(27)14-3-5-15(6-4-14)24-18(28)26-9-7-25(8-10-26)12-16-2-1-11-29-16/h1-6,11H,7-10,12-13H2,(H,23,27)(H,24,28). The molecule has 3 rings (SSSR count). The van der Waals surface area contributed by atoms with Gasteiger partial charge in [-0.05, 0) is 35.7 Å². The highest BCUT2D eigenvalue weighted by Crippen LogP contribution is 2.16. The summed E-state index contributed by atoms with van der Waals surface area (Å²) in [5.74, 6) is -0.818. The highest BCUT2D eigenvalue weighted by molar-refractivity contribution is 7.09. The number of hydrogen-bond acceptors (Lipinski definition) is 4. The number of carbonyl (C=O) groups is 2. The highest BCUT2D eigenvalue weighted by Gasteiger charge is 2.28. The van der Waals surface area contributed by atoms with Crippen molar-refractivity contribution >= 4 is 29.0 Å². The molecular weight excluding hydrogens is 405 g/mol. The zero-order chi connectivity index (χ0) is 20.9. The molecule has 1 aliphatic rings. The van der Waals surface area contributed by atoms with E-state index in [9.17, 15) is 22.8 Å². The molecule has 1 aromatic heterocycles. The Balaban J connectivity index is 1.45. The van der Waals surface area contributed by atoms with Gasteiger partial charge in [0.15, 0.2) is 0 Å². The summed E-state index contributed by atoms with van der Waals surface area (Å²) in [6.45, 7) is 2.27. The minimum Gasteiger partial charge on any atom is -0.343 e. The van der Waals surface area contributed by atoms with Crippen molar-refractivity contribution in [1.29, 1.82) is 0 Å². The summed E-state index contributed by atoms with van der Waals surface area (Å²) in [6, 6.07) is 9.61. The molecule has 1 aromatic carbocycles. The maximum atomic E-state index is 12.4. The summed E-state index contributed by atoms with van der Waals surface area (Å²) in [6.07, 6.45) is -4.46. The smallest absolute Gasteiger partial charge is 0.343 e. The van der Waals surface area contributed by atoms with E-state index in [4.69, 9.17) is 0 Å². The largest absolute Gasteiger partial charge is 0.405 e. The molecule has 29 heavy (non-hydrogen) atoms. The van der Waals surface area contributed by atoms with Crippen molar-refractivity contribution in [2.24, 2.45) is 0 Å². The van der Waals surface area contributed by atoms with Gasteiger partial charge < -0.3 is 15.5 Å². The molecule has 156 valence electrons. The topological polar surface area (TPSA) is 64.7 Å². The van der Waals surface area contributed by atoms with E-state index in [0.717, 1.165) is 19.6 Å². The van der Waals surface area contributed by atoms with Crippen molar-refractivity contribution in [2.75, 3.05) is 38.0 Å². The van der Waals surface area contributed by atoms with E-state index in [1.807, 2.05) is 16.8 Å². The van der Waals surface area contributed by atoms with Crippen LogP contribution in [0.2, 0.25) is 0 Å². The fourth-order valence-corrected chi connectivity index (χ4v) is 3.67. The Hall–Kier alpha value is -2.59. The number of amides is 3. The van der Waals surface area contributed by atoms with Gasteiger partial charge in [-0.25, -0.2) is 4.79 Å². The summed E-state index contributed by atoms with van der Waals surface area (Å²) in [5, 5.41) is 6.61. The predicted molar refractivity (Wildman–Crippen MR) is 105 cm³/mol. The van der Waals surface area contributed by atoms with Crippen molar-refractivity contribution in [2.45, 2.75) is 12.7 Å². The number of urea groups is 1. The van der Waals surface area contributed by atoms with Gasteiger partial charge in [0.2, 0.25) is 0 Å². The van der Waals surface area contributed by atoms with Crippen molar-refractivity contribution in [3.63, 3.8) is 0 Å². The fourth-order valence-electron chi connectivity index (χ4n) is 2.92. The van der Waals surface area contributed by atoms with E-state index in [1.165, 1.54) is 29.1 Å². The molecule has 2 heterocycles. The third kappa shape index (κ3) is 6.47. The number of thiophene rings is 1. The number of carbonyl (C=O) groups excluding carboxylic acids is 2. The highest BCUT2D eigenvalue weighted by atomic mass is 32.1. The summed E-state index contributed by atoms with van der Waals surface area (Å²) in [5.41, 5.74) is 0.567. The monoisotopic (exact) mass is 426 g/mol. The molecule has 2 aromatic rings. The molecule has 0 saturated carbocycles. The van der Waals surface area contributed by atoms with Gasteiger partial charge in [0.1, 0.15) is 6.54 Å². The van der Waals surface area contributed by atoms with E-state index in [1.54, 1.807) is 16.2 Å². The number of benzene rings is 1. The number of rotatable bonds is 5. The van der Waals surface area contributed by atoms with Crippen LogP contribution in [0, 0.1) is 0 Å². The first kappa shape index (κ1) is 21.1. The Morgan fingerprint density at radius 2 is 1.72 bits per heavy atom. The second-order valence-corrected chi connectivity index (χ2v) is 7.68. The zero-order valence-electron chi connectivity index (χ0n) is 15.5. The molecule has 0 bridgehead atoms. The number of hydrogen-bond donors (Lipinski definition) is 2. The molecule has 6 nitrogen and oxygen atoms in total. The predicted octanol–water partition coefficient (Wildman–Crippen LogP) is 3.39. The van der Waals surface area contributed by atoms with Crippen LogP contribution in [-0.2, 0) is 6.54 Å². The van der Waals surface area contributed by atoms with Gasteiger partial charge >= 0.3 is 12.2 Å². The van der Waals surface area contributed by atoms with Crippen LogP contribution in [0.25, 0.3) is 0 Å². The molecule has 0 atom stereocenters. The summed E-state index contributed by atoms with van der Waals surface area (Å²) in [4.78, 5) is 29.4. The van der Waals surface area contributed by atoms with Crippen LogP contribution in [0.15, 0.2) is 41.8 Å². The first-order valence-corrected chi connectivity index (χ1v) is 9.94. The van der Waals surface area contributed by atoms with Crippen molar-refractivity contribution in [3.05, 3.63) is 52.2 Å². The summed E-state index contributed by atoms with van der Waals surface area (Å²) in [7, 11) is 0. The van der Waals surface area contributed by atoms with E-state index < -0.39 is 18.6 Å². The first-order valence-electron chi connectivity index (χ1n) is 9.06. The van der Waals surface area contributed by atoms with Crippen LogP contribution in [0.1, 0.15) is 15.2 Å². The van der Waals surface area contributed by atoms with Crippen molar-refractivity contribution in [1.82, 2.24) is 15.1 Å². The third-order valence-corrected chi connectivity index (χ3v) is 5.33. The maximum absolute atomic E-state index is 12.4. The van der Waals surface area contributed by atoms with Crippen molar-refractivity contribution < 1.29 is 22.8 Å². The molecule has 0 aliphatic carbocycles. The molecule has 10 heteroatoms. The Kier molecular flexibility index (Phi) is 6.75. The van der Waals surface area contributed by atoms with Crippen LogP contribution >= 0.6 is 11.3 Å².